The van der Waals surface area contributed by atoms with E-state index in [1.165, 1.54) is 12.1 Å². The van der Waals surface area contributed by atoms with Gasteiger partial charge in [-0.3, -0.25) is 19.9 Å². The largest absolute Gasteiger partial charge is 0.486 e. The van der Waals surface area contributed by atoms with Crippen LogP contribution in [-0.2, 0) is 11.3 Å². The lowest BCUT2D eigenvalue weighted by molar-refractivity contribution is -0.384. The van der Waals surface area contributed by atoms with Crippen molar-refractivity contribution in [3.63, 3.8) is 0 Å². The summed E-state index contributed by atoms with van der Waals surface area (Å²) in [7, 11) is 0. The number of non-ortho nitro benzene ring substituents is 1. The van der Waals surface area contributed by atoms with Crippen molar-refractivity contribution in [1.29, 1.82) is 0 Å². The number of carbonyl (C=O) groups is 1. The van der Waals surface area contributed by atoms with Crippen molar-refractivity contribution in [2.75, 3.05) is 25.1 Å². The summed E-state index contributed by atoms with van der Waals surface area (Å²) in [5.41, 5.74) is 4.02. The quantitative estimate of drug-likeness (QED) is 0.300. The van der Waals surface area contributed by atoms with Crippen LogP contribution in [0.2, 0.25) is 0 Å². The lowest BCUT2D eigenvalue weighted by Gasteiger charge is -2.20. The number of hydrogen-bond donors (Lipinski definition) is 2. The van der Waals surface area contributed by atoms with Crippen molar-refractivity contribution < 1.29 is 19.2 Å². The van der Waals surface area contributed by atoms with E-state index in [1.54, 1.807) is 6.07 Å². The summed E-state index contributed by atoms with van der Waals surface area (Å²) in [4.78, 5) is 28.8. The number of hydrogen-bond acceptors (Lipinski definition) is 7. The number of fused-ring (bicyclic) bond motifs is 2. The zero-order valence-corrected chi connectivity index (χ0v) is 19.1. The Kier molecular flexibility index (Phi) is 6.15. The van der Waals surface area contributed by atoms with Crippen LogP contribution in [0.25, 0.3) is 0 Å². The number of ether oxygens (including phenoxy) is 2. The van der Waals surface area contributed by atoms with Crippen LogP contribution in [0, 0.1) is 10.1 Å². The molecule has 9 nitrogen and oxygen atoms in total. The van der Waals surface area contributed by atoms with Crippen molar-refractivity contribution in [2.24, 2.45) is 4.99 Å². The molecule has 1 amide bonds. The minimum absolute atomic E-state index is 0.0844. The van der Waals surface area contributed by atoms with E-state index < -0.39 is 10.8 Å². The maximum atomic E-state index is 13.2. The second-order valence-electron chi connectivity index (χ2n) is 8.25. The third-order valence-corrected chi connectivity index (χ3v) is 5.96. The Morgan fingerprint density at radius 1 is 1.09 bits per heavy atom. The monoisotopic (exact) mass is 472 g/mol. The van der Waals surface area contributed by atoms with Crippen molar-refractivity contribution in [3.8, 4) is 11.5 Å². The molecule has 9 heteroatoms. The number of amides is 1. The van der Waals surface area contributed by atoms with Crippen LogP contribution in [0.4, 0.5) is 17.1 Å². The number of aliphatic imine (C=N–C) groups is 1. The zero-order chi connectivity index (χ0) is 24.4. The highest BCUT2D eigenvalue weighted by Gasteiger charge is 2.36. The summed E-state index contributed by atoms with van der Waals surface area (Å²) in [6.07, 6.45) is 0. The van der Waals surface area contributed by atoms with Crippen molar-refractivity contribution in [3.05, 3.63) is 87.5 Å². The molecule has 3 aromatic rings. The molecule has 0 fully saturated rings. The molecule has 35 heavy (non-hydrogen) atoms. The molecule has 1 unspecified atom stereocenters. The lowest BCUT2D eigenvalue weighted by Crippen LogP contribution is -2.22. The van der Waals surface area contributed by atoms with Crippen LogP contribution < -0.4 is 20.1 Å². The summed E-state index contributed by atoms with van der Waals surface area (Å²) < 4.78 is 11.4. The second kappa shape index (κ2) is 9.55. The van der Waals surface area contributed by atoms with E-state index in [4.69, 9.17) is 14.5 Å². The first-order valence-electron chi connectivity index (χ1n) is 11.4. The van der Waals surface area contributed by atoms with Gasteiger partial charge in [0.15, 0.2) is 11.5 Å². The van der Waals surface area contributed by atoms with E-state index in [0.29, 0.717) is 52.9 Å². The van der Waals surface area contributed by atoms with E-state index in [-0.39, 0.29) is 11.6 Å². The predicted octanol–water partition coefficient (Wildman–Crippen LogP) is 4.33. The summed E-state index contributed by atoms with van der Waals surface area (Å²) in [5, 5.41) is 17.3. The minimum Gasteiger partial charge on any atom is -0.486 e. The molecular formula is C26H24N4O5. The van der Waals surface area contributed by atoms with Gasteiger partial charge in [0.05, 0.1) is 22.0 Å². The number of benzene rings is 3. The van der Waals surface area contributed by atoms with Crippen molar-refractivity contribution >= 4 is 28.7 Å². The average Bonchev–Trinajstić information content (AvgIpc) is 3.21. The van der Waals surface area contributed by atoms with Crippen LogP contribution in [0.3, 0.4) is 0 Å². The van der Waals surface area contributed by atoms with Gasteiger partial charge in [-0.1, -0.05) is 19.1 Å². The molecule has 0 spiro atoms. The van der Waals surface area contributed by atoms with Crippen LogP contribution in [0.1, 0.15) is 29.5 Å². The van der Waals surface area contributed by atoms with Gasteiger partial charge in [0.1, 0.15) is 19.1 Å². The fourth-order valence-corrected chi connectivity index (χ4v) is 4.23. The normalized spacial score (nSPS) is 16.5. The van der Waals surface area contributed by atoms with Crippen molar-refractivity contribution in [1.82, 2.24) is 5.32 Å². The number of nitrogens with one attached hydrogen (secondary N) is 2. The molecule has 2 N–H and O–H groups in total. The Morgan fingerprint density at radius 3 is 2.60 bits per heavy atom. The highest BCUT2D eigenvalue weighted by Crippen LogP contribution is 2.40. The highest BCUT2D eigenvalue weighted by atomic mass is 16.6. The van der Waals surface area contributed by atoms with Gasteiger partial charge in [0, 0.05) is 24.2 Å². The second-order valence-corrected chi connectivity index (χ2v) is 8.25. The van der Waals surface area contributed by atoms with Gasteiger partial charge >= 0.3 is 0 Å². The first kappa shape index (κ1) is 22.5. The summed E-state index contributed by atoms with van der Waals surface area (Å²) in [5.74, 6) is 0.191. The molecule has 1 atom stereocenters. The van der Waals surface area contributed by atoms with Crippen LogP contribution in [0.15, 0.2) is 65.7 Å². The fourth-order valence-electron chi connectivity index (χ4n) is 4.23. The van der Waals surface area contributed by atoms with Crippen LogP contribution in [-0.4, -0.2) is 36.3 Å². The van der Waals surface area contributed by atoms with Crippen molar-refractivity contribution in [2.45, 2.75) is 19.4 Å². The van der Waals surface area contributed by atoms with E-state index in [0.717, 1.165) is 18.7 Å². The Hall–Kier alpha value is -4.24. The summed E-state index contributed by atoms with van der Waals surface area (Å²) in [6, 6.07) is 17.7. The minimum atomic E-state index is -0.741. The first-order chi connectivity index (χ1) is 17.0. The Balaban J connectivity index is 1.59. The molecule has 0 radical (unpaired) electrons. The molecule has 5 rings (SSSR count). The first-order valence-corrected chi connectivity index (χ1v) is 11.4. The van der Waals surface area contributed by atoms with E-state index >= 15 is 0 Å². The number of rotatable bonds is 7. The molecule has 3 aromatic carbocycles. The molecule has 0 saturated heterocycles. The Morgan fingerprint density at radius 2 is 1.86 bits per heavy atom. The van der Waals surface area contributed by atoms with E-state index in [2.05, 4.69) is 17.6 Å². The SMILES string of the molecule is CCNCc1ccc(N=C(c2ccc3c(c2)OCCO3)C2C(=O)Nc3cc([N+](=O)[O-])ccc32)cc1. The van der Waals surface area contributed by atoms with Gasteiger partial charge in [-0.05, 0) is 54.1 Å². The molecule has 0 aliphatic carbocycles. The van der Waals surface area contributed by atoms with E-state index in [1.807, 2.05) is 42.5 Å². The van der Waals surface area contributed by atoms with Gasteiger partial charge in [0.2, 0.25) is 5.91 Å². The zero-order valence-electron chi connectivity index (χ0n) is 19.1. The van der Waals surface area contributed by atoms with Gasteiger partial charge < -0.3 is 20.1 Å². The number of nitro groups is 1. The number of nitrogens with zero attached hydrogens (tertiary/aromatic N) is 2. The van der Waals surface area contributed by atoms with Gasteiger partial charge in [-0.2, -0.15) is 0 Å². The maximum Gasteiger partial charge on any atom is 0.271 e. The topological polar surface area (TPSA) is 115 Å². The fraction of sp³-hybridized carbons (Fsp3) is 0.231. The molecule has 2 heterocycles. The Labute approximate surface area is 201 Å². The molecule has 2 aliphatic heterocycles. The molecule has 0 saturated carbocycles. The number of carbonyl (C=O) groups excluding carboxylic acids is 1. The van der Waals surface area contributed by atoms with Gasteiger partial charge in [-0.15, -0.1) is 0 Å². The van der Waals surface area contributed by atoms with E-state index in [9.17, 15) is 14.9 Å². The molecular weight excluding hydrogens is 448 g/mol. The highest BCUT2D eigenvalue weighted by molar-refractivity contribution is 6.24. The average molecular weight is 473 g/mol. The molecule has 178 valence electrons. The Bertz CT molecular complexity index is 1320. The lowest BCUT2D eigenvalue weighted by atomic mass is 9.90. The predicted molar refractivity (Wildman–Crippen MR) is 132 cm³/mol. The standard InChI is InChI=1S/C26H24N4O5/c1-2-27-15-16-3-6-18(7-4-16)28-25(17-5-10-22-23(13-17)35-12-11-34-22)24-20-9-8-19(30(32)33)14-21(20)29-26(24)31/h3-10,13-14,24,27H,2,11-12,15H2,1H3,(H,29,31). The third-order valence-electron chi connectivity index (χ3n) is 5.96. The van der Waals surface area contributed by atoms with Gasteiger partial charge in [0.25, 0.3) is 5.69 Å². The third kappa shape index (κ3) is 4.58. The molecule has 2 aliphatic rings. The van der Waals surface area contributed by atoms with Crippen LogP contribution in [0.5, 0.6) is 11.5 Å². The summed E-state index contributed by atoms with van der Waals surface area (Å²) in [6.45, 7) is 4.60. The maximum absolute atomic E-state index is 13.2. The smallest absolute Gasteiger partial charge is 0.271 e. The molecule has 0 aromatic heterocycles. The summed E-state index contributed by atoms with van der Waals surface area (Å²) >= 11 is 0. The molecule has 0 bridgehead atoms. The van der Waals surface area contributed by atoms with Crippen LogP contribution >= 0.6 is 0 Å². The number of nitro benzene ring substituents is 1. The van der Waals surface area contributed by atoms with Gasteiger partial charge in [-0.25, -0.2) is 0 Å². The number of anilines is 1.